The van der Waals surface area contributed by atoms with Crippen LogP contribution in [0.25, 0.3) is 0 Å². The zero-order valence-corrected chi connectivity index (χ0v) is 11.8. The first-order valence-corrected chi connectivity index (χ1v) is 6.79. The van der Waals surface area contributed by atoms with Crippen LogP contribution in [-0.4, -0.2) is 44.2 Å². The fraction of sp³-hybridized carbons (Fsp3) is 0.714. The van der Waals surface area contributed by atoms with Crippen LogP contribution < -0.4 is 10.6 Å². The molecule has 0 amide bonds. The molecular formula is C14H25N3O. The van der Waals surface area contributed by atoms with Gasteiger partial charge in [0.1, 0.15) is 5.76 Å². The van der Waals surface area contributed by atoms with Crippen molar-refractivity contribution in [1.29, 1.82) is 0 Å². The van der Waals surface area contributed by atoms with Crippen molar-refractivity contribution in [1.82, 2.24) is 10.2 Å². The summed E-state index contributed by atoms with van der Waals surface area (Å²) in [5, 5.41) is 6.78. The molecule has 0 bridgehead atoms. The molecule has 0 saturated carbocycles. The molecule has 0 aliphatic carbocycles. The van der Waals surface area contributed by atoms with E-state index in [1.807, 2.05) is 19.1 Å². The normalized spacial score (nSPS) is 17.9. The van der Waals surface area contributed by atoms with Crippen molar-refractivity contribution in [2.24, 2.45) is 5.41 Å². The second-order valence-electron chi connectivity index (χ2n) is 5.95. The van der Waals surface area contributed by atoms with E-state index in [-0.39, 0.29) is 5.41 Å². The smallest absolute Gasteiger partial charge is 0.193 e. The first kappa shape index (κ1) is 13.4. The number of hydrogen-bond acceptors (Lipinski definition) is 4. The molecule has 0 radical (unpaired) electrons. The molecule has 0 unspecified atom stereocenters. The number of piperazine rings is 1. The van der Waals surface area contributed by atoms with Gasteiger partial charge in [-0.05, 0) is 18.4 Å². The lowest BCUT2D eigenvalue weighted by atomic mass is 9.92. The van der Waals surface area contributed by atoms with Crippen molar-refractivity contribution in [3.63, 3.8) is 0 Å². The van der Waals surface area contributed by atoms with Gasteiger partial charge in [0, 0.05) is 45.3 Å². The minimum absolute atomic E-state index is 0.248. The Balaban J connectivity index is 1.79. The second kappa shape index (κ2) is 5.76. The summed E-state index contributed by atoms with van der Waals surface area (Å²) < 4.78 is 5.53. The van der Waals surface area contributed by atoms with E-state index in [2.05, 4.69) is 29.4 Å². The largest absolute Gasteiger partial charge is 0.446 e. The average Bonchev–Trinajstić information content (AvgIpc) is 2.74. The highest BCUT2D eigenvalue weighted by atomic mass is 16.4. The SMILES string of the molecule is Cc1ccc(NCC(C)(C)CN2CCNCC2)o1. The third-order valence-corrected chi connectivity index (χ3v) is 3.34. The van der Waals surface area contributed by atoms with Crippen molar-refractivity contribution in [2.75, 3.05) is 44.6 Å². The van der Waals surface area contributed by atoms with Gasteiger partial charge in [-0.2, -0.15) is 0 Å². The van der Waals surface area contributed by atoms with Crippen LogP contribution in [0.5, 0.6) is 0 Å². The number of hydrogen-bond donors (Lipinski definition) is 2. The predicted molar refractivity (Wildman–Crippen MR) is 75.0 cm³/mol. The van der Waals surface area contributed by atoms with Gasteiger partial charge in [0.15, 0.2) is 5.88 Å². The number of nitrogens with one attached hydrogen (secondary N) is 2. The molecule has 0 aromatic carbocycles. The Bertz CT molecular complexity index is 367. The molecule has 1 aromatic heterocycles. The van der Waals surface area contributed by atoms with Crippen LogP contribution in [-0.2, 0) is 0 Å². The number of rotatable bonds is 5. The molecule has 2 rings (SSSR count). The molecule has 1 fully saturated rings. The molecule has 2 heterocycles. The molecule has 4 nitrogen and oxygen atoms in total. The van der Waals surface area contributed by atoms with Gasteiger partial charge in [0.05, 0.1) is 0 Å². The zero-order valence-electron chi connectivity index (χ0n) is 11.8. The van der Waals surface area contributed by atoms with Crippen molar-refractivity contribution in [2.45, 2.75) is 20.8 Å². The summed E-state index contributed by atoms with van der Waals surface area (Å²) >= 11 is 0. The number of furan rings is 1. The van der Waals surface area contributed by atoms with E-state index < -0.39 is 0 Å². The average molecular weight is 251 g/mol. The molecule has 18 heavy (non-hydrogen) atoms. The van der Waals surface area contributed by atoms with Crippen molar-refractivity contribution >= 4 is 5.88 Å². The Labute approximate surface area is 110 Å². The highest BCUT2D eigenvalue weighted by molar-refractivity contribution is 5.32. The summed E-state index contributed by atoms with van der Waals surface area (Å²) in [6, 6.07) is 3.99. The number of nitrogens with zero attached hydrogens (tertiary/aromatic N) is 1. The van der Waals surface area contributed by atoms with Gasteiger partial charge in [0.25, 0.3) is 0 Å². The van der Waals surface area contributed by atoms with E-state index in [4.69, 9.17) is 4.42 Å². The first-order chi connectivity index (χ1) is 8.55. The maximum Gasteiger partial charge on any atom is 0.193 e. The first-order valence-electron chi connectivity index (χ1n) is 6.79. The fourth-order valence-corrected chi connectivity index (χ4v) is 2.39. The Morgan fingerprint density at radius 2 is 2.06 bits per heavy atom. The number of aryl methyl sites for hydroxylation is 1. The monoisotopic (exact) mass is 251 g/mol. The quantitative estimate of drug-likeness (QED) is 0.839. The van der Waals surface area contributed by atoms with Gasteiger partial charge in [-0.25, -0.2) is 0 Å². The molecule has 1 aromatic rings. The standard InChI is InChI=1S/C14H25N3O/c1-12-4-5-13(18-12)16-10-14(2,3)11-17-8-6-15-7-9-17/h4-5,15-16H,6-11H2,1-3H3. The van der Waals surface area contributed by atoms with Gasteiger partial charge >= 0.3 is 0 Å². The Morgan fingerprint density at radius 3 is 2.67 bits per heavy atom. The topological polar surface area (TPSA) is 40.4 Å². The van der Waals surface area contributed by atoms with Crippen LogP contribution in [0.2, 0.25) is 0 Å². The lowest BCUT2D eigenvalue weighted by Gasteiger charge is -2.35. The minimum Gasteiger partial charge on any atom is -0.446 e. The van der Waals surface area contributed by atoms with Gasteiger partial charge in [0.2, 0.25) is 0 Å². The molecule has 1 aliphatic heterocycles. The van der Waals surface area contributed by atoms with E-state index >= 15 is 0 Å². The summed E-state index contributed by atoms with van der Waals surface area (Å²) in [4.78, 5) is 2.53. The van der Waals surface area contributed by atoms with Crippen LogP contribution in [0, 0.1) is 12.3 Å². The minimum atomic E-state index is 0.248. The zero-order chi connectivity index (χ0) is 13.0. The number of anilines is 1. The summed E-state index contributed by atoms with van der Waals surface area (Å²) in [5.41, 5.74) is 0.248. The van der Waals surface area contributed by atoms with Gasteiger partial charge in [-0.1, -0.05) is 13.8 Å². The lowest BCUT2D eigenvalue weighted by Crippen LogP contribution is -2.48. The molecule has 1 saturated heterocycles. The van der Waals surface area contributed by atoms with E-state index in [0.717, 1.165) is 50.9 Å². The maximum absolute atomic E-state index is 5.53. The molecule has 4 heteroatoms. The van der Waals surface area contributed by atoms with E-state index in [0.29, 0.717) is 0 Å². The summed E-state index contributed by atoms with van der Waals surface area (Å²) in [7, 11) is 0. The second-order valence-corrected chi connectivity index (χ2v) is 5.95. The van der Waals surface area contributed by atoms with Crippen LogP contribution in [0.1, 0.15) is 19.6 Å². The van der Waals surface area contributed by atoms with Crippen LogP contribution >= 0.6 is 0 Å². The highest BCUT2D eigenvalue weighted by Gasteiger charge is 2.23. The molecule has 2 N–H and O–H groups in total. The van der Waals surface area contributed by atoms with E-state index in [9.17, 15) is 0 Å². The van der Waals surface area contributed by atoms with E-state index in [1.54, 1.807) is 0 Å². The van der Waals surface area contributed by atoms with Gasteiger partial charge < -0.3 is 20.0 Å². The Morgan fingerprint density at radius 1 is 1.33 bits per heavy atom. The van der Waals surface area contributed by atoms with Crippen LogP contribution in [0.4, 0.5) is 5.88 Å². The van der Waals surface area contributed by atoms with Crippen LogP contribution in [0.3, 0.4) is 0 Å². The van der Waals surface area contributed by atoms with E-state index in [1.165, 1.54) is 0 Å². The molecule has 1 aliphatic rings. The van der Waals surface area contributed by atoms with Crippen molar-refractivity contribution < 1.29 is 4.42 Å². The Hall–Kier alpha value is -1.00. The third kappa shape index (κ3) is 4.03. The summed E-state index contributed by atoms with van der Waals surface area (Å²) in [6.45, 7) is 13.2. The van der Waals surface area contributed by atoms with Crippen molar-refractivity contribution in [3.8, 4) is 0 Å². The maximum atomic E-state index is 5.53. The molecule has 102 valence electrons. The summed E-state index contributed by atoms with van der Waals surface area (Å²) in [6.07, 6.45) is 0. The van der Waals surface area contributed by atoms with Gasteiger partial charge in [-0.3, -0.25) is 0 Å². The van der Waals surface area contributed by atoms with Crippen molar-refractivity contribution in [3.05, 3.63) is 17.9 Å². The Kier molecular flexibility index (Phi) is 4.30. The molecule has 0 spiro atoms. The lowest BCUT2D eigenvalue weighted by molar-refractivity contribution is 0.168. The third-order valence-electron chi connectivity index (χ3n) is 3.34. The fourth-order valence-electron chi connectivity index (χ4n) is 2.39. The van der Waals surface area contributed by atoms with Gasteiger partial charge in [-0.15, -0.1) is 0 Å². The summed E-state index contributed by atoms with van der Waals surface area (Å²) in [5.74, 6) is 1.83. The molecular weight excluding hydrogens is 226 g/mol. The van der Waals surface area contributed by atoms with Crippen LogP contribution in [0.15, 0.2) is 16.5 Å². The molecule has 0 atom stereocenters. The predicted octanol–water partition coefficient (Wildman–Crippen LogP) is 1.93. The highest BCUT2D eigenvalue weighted by Crippen LogP contribution is 2.20.